The van der Waals surface area contributed by atoms with Gasteiger partial charge < -0.3 is 10.1 Å². The number of halogens is 1. The maximum Gasteiger partial charge on any atom is 0.306 e. The van der Waals surface area contributed by atoms with E-state index in [0.717, 1.165) is 0 Å². The molecule has 0 aliphatic rings. The zero-order chi connectivity index (χ0) is 25.0. The summed E-state index contributed by atoms with van der Waals surface area (Å²) in [5.41, 5.74) is 2.35. The van der Waals surface area contributed by atoms with Crippen LogP contribution in [-0.2, 0) is 25.9 Å². The van der Waals surface area contributed by atoms with E-state index >= 15 is 0 Å². The number of nitrogens with zero attached hydrogens (tertiary/aromatic N) is 3. The Labute approximate surface area is 200 Å². The molecule has 0 bridgehead atoms. The summed E-state index contributed by atoms with van der Waals surface area (Å²) in [6.45, 7) is 0.122. The number of carbonyl (C=O) groups excluding carboxylic acids is 2. The lowest BCUT2D eigenvalue weighted by molar-refractivity contribution is -0.140. The normalized spacial score (nSPS) is 11.4. The predicted molar refractivity (Wildman–Crippen MR) is 125 cm³/mol. The first-order valence-corrected chi connectivity index (χ1v) is 12.2. The Kier molecular flexibility index (Phi) is 6.87. The minimum Gasteiger partial charge on any atom is -0.469 e. The van der Waals surface area contributed by atoms with Crippen molar-refractivity contribution in [3.8, 4) is 5.69 Å². The van der Waals surface area contributed by atoms with E-state index in [0.29, 0.717) is 27.7 Å². The third-order valence-corrected chi connectivity index (χ3v) is 6.92. The summed E-state index contributed by atoms with van der Waals surface area (Å²) in [5.74, 6) is -1.72. The van der Waals surface area contributed by atoms with E-state index < -0.39 is 21.6 Å². The second-order valence-corrected chi connectivity index (χ2v) is 9.66. The maximum absolute atomic E-state index is 13.3. The molecule has 2 heterocycles. The van der Waals surface area contributed by atoms with E-state index in [2.05, 4.69) is 20.1 Å². The first kappa shape index (κ1) is 24.0. The Hall–Kier alpha value is -4.12. The lowest BCUT2D eigenvalue weighted by atomic mass is 10.1. The molecule has 2 aromatic carbocycles. The molecule has 0 unspecified atom stereocenters. The molecule has 2 aromatic heterocycles. The van der Waals surface area contributed by atoms with Crippen molar-refractivity contribution < 1.29 is 27.1 Å². The standard InChI is InChI=1S/C24H21FN4O5S/c1-34-23(30)11-12-35(32,33)22-10-5-16(13-26-22)14-27-24(31)19-3-2-4-21-20(19)15-28-29(21)18-8-6-17(25)7-9-18/h2-10,13,15H,11-12,14H2,1H3,(H,27,31). The Morgan fingerprint density at radius 1 is 1.06 bits per heavy atom. The minimum atomic E-state index is -3.73. The number of ether oxygens (including phenoxy) is 1. The smallest absolute Gasteiger partial charge is 0.306 e. The van der Waals surface area contributed by atoms with Gasteiger partial charge in [-0.15, -0.1) is 0 Å². The highest BCUT2D eigenvalue weighted by atomic mass is 32.2. The highest BCUT2D eigenvalue weighted by molar-refractivity contribution is 7.91. The van der Waals surface area contributed by atoms with Crippen LogP contribution in [0.3, 0.4) is 0 Å². The molecule has 0 spiro atoms. The van der Waals surface area contributed by atoms with Gasteiger partial charge in [0.05, 0.1) is 42.2 Å². The van der Waals surface area contributed by atoms with Crippen LogP contribution >= 0.6 is 0 Å². The largest absolute Gasteiger partial charge is 0.469 e. The molecule has 11 heteroatoms. The molecule has 4 aromatic rings. The molecule has 35 heavy (non-hydrogen) atoms. The number of carbonyl (C=O) groups is 2. The first-order chi connectivity index (χ1) is 16.8. The maximum atomic E-state index is 13.3. The van der Waals surface area contributed by atoms with Crippen molar-refractivity contribution in [2.45, 2.75) is 18.0 Å². The second kappa shape index (κ2) is 10.0. The van der Waals surface area contributed by atoms with Gasteiger partial charge in [-0.05, 0) is 48.0 Å². The predicted octanol–water partition coefficient (Wildman–Crippen LogP) is 2.83. The van der Waals surface area contributed by atoms with Crippen molar-refractivity contribution in [3.05, 3.63) is 83.9 Å². The van der Waals surface area contributed by atoms with Gasteiger partial charge in [0, 0.05) is 18.1 Å². The monoisotopic (exact) mass is 496 g/mol. The Morgan fingerprint density at radius 2 is 1.83 bits per heavy atom. The number of nitrogens with one attached hydrogen (secondary N) is 1. The van der Waals surface area contributed by atoms with Crippen molar-refractivity contribution in [2.75, 3.05) is 12.9 Å². The van der Waals surface area contributed by atoms with E-state index in [1.165, 1.54) is 31.5 Å². The van der Waals surface area contributed by atoms with E-state index in [4.69, 9.17) is 0 Å². The molecule has 0 saturated heterocycles. The molecule has 180 valence electrons. The first-order valence-electron chi connectivity index (χ1n) is 10.5. The molecule has 0 atom stereocenters. The van der Waals surface area contributed by atoms with Crippen LogP contribution in [0.25, 0.3) is 16.6 Å². The van der Waals surface area contributed by atoms with Crippen molar-refractivity contribution in [1.82, 2.24) is 20.1 Å². The summed E-state index contributed by atoms with van der Waals surface area (Å²) < 4.78 is 43.9. The number of pyridine rings is 1. The fourth-order valence-electron chi connectivity index (χ4n) is 3.44. The van der Waals surface area contributed by atoms with Crippen molar-refractivity contribution >= 4 is 32.6 Å². The summed E-state index contributed by atoms with van der Waals surface area (Å²) in [6.07, 6.45) is 2.67. The van der Waals surface area contributed by atoms with E-state index in [1.807, 2.05) is 6.07 Å². The Morgan fingerprint density at radius 3 is 2.51 bits per heavy atom. The van der Waals surface area contributed by atoms with E-state index in [-0.39, 0.29) is 29.7 Å². The molecule has 0 saturated carbocycles. The quantitative estimate of drug-likeness (QED) is 0.373. The number of amides is 1. The summed E-state index contributed by atoms with van der Waals surface area (Å²) in [5, 5.41) is 7.60. The van der Waals surface area contributed by atoms with Crippen molar-refractivity contribution in [1.29, 1.82) is 0 Å². The molecular formula is C24H21FN4O5S. The van der Waals surface area contributed by atoms with Crippen LogP contribution in [-0.4, -0.2) is 47.9 Å². The number of fused-ring (bicyclic) bond motifs is 1. The van der Waals surface area contributed by atoms with Crippen LogP contribution in [0.4, 0.5) is 4.39 Å². The van der Waals surface area contributed by atoms with Crippen LogP contribution in [0.1, 0.15) is 22.3 Å². The van der Waals surface area contributed by atoms with Gasteiger partial charge >= 0.3 is 5.97 Å². The van der Waals surface area contributed by atoms with Gasteiger partial charge in [0.1, 0.15) is 5.82 Å². The number of esters is 1. The molecule has 9 nitrogen and oxygen atoms in total. The molecule has 0 radical (unpaired) electrons. The lowest BCUT2D eigenvalue weighted by Crippen LogP contribution is -2.23. The minimum absolute atomic E-state index is 0.122. The van der Waals surface area contributed by atoms with Gasteiger partial charge in [-0.2, -0.15) is 5.10 Å². The van der Waals surface area contributed by atoms with Gasteiger partial charge in [0.15, 0.2) is 14.9 Å². The molecule has 1 N–H and O–H groups in total. The fourth-order valence-corrected chi connectivity index (χ4v) is 4.57. The number of methoxy groups -OCH3 is 1. The van der Waals surface area contributed by atoms with E-state index in [1.54, 1.807) is 41.2 Å². The number of aromatic nitrogens is 3. The number of hydrogen-bond acceptors (Lipinski definition) is 7. The van der Waals surface area contributed by atoms with Gasteiger partial charge in [-0.3, -0.25) is 9.59 Å². The second-order valence-electron chi connectivity index (χ2n) is 7.60. The zero-order valence-electron chi connectivity index (χ0n) is 18.6. The molecular weight excluding hydrogens is 475 g/mol. The molecule has 1 amide bonds. The highest BCUT2D eigenvalue weighted by Gasteiger charge is 2.19. The van der Waals surface area contributed by atoms with Crippen molar-refractivity contribution in [3.63, 3.8) is 0 Å². The number of benzene rings is 2. The van der Waals surface area contributed by atoms with E-state index in [9.17, 15) is 22.4 Å². The molecule has 4 rings (SSSR count). The van der Waals surface area contributed by atoms with Crippen molar-refractivity contribution in [2.24, 2.45) is 0 Å². The van der Waals surface area contributed by atoms with Crippen LogP contribution in [0, 0.1) is 5.82 Å². The van der Waals surface area contributed by atoms with Crippen LogP contribution < -0.4 is 5.32 Å². The average Bonchev–Trinajstić information content (AvgIpc) is 3.31. The average molecular weight is 497 g/mol. The summed E-state index contributed by atoms with van der Waals surface area (Å²) in [4.78, 5) is 28.0. The lowest BCUT2D eigenvalue weighted by Gasteiger charge is -2.08. The third kappa shape index (κ3) is 5.35. The molecule has 0 fully saturated rings. The molecule has 0 aliphatic heterocycles. The van der Waals surface area contributed by atoms with Gasteiger partial charge in [0.2, 0.25) is 0 Å². The van der Waals surface area contributed by atoms with Gasteiger partial charge in [-0.25, -0.2) is 22.5 Å². The summed E-state index contributed by atoms with van der Waals surface area (Å²) in [7, 11) is -2.54. The number of sulfone groups is 1. The van der Waals surface area contributed by atoms with Gasteiger partial charge in [0.25, 0.3) is 5.91 Å². The van der Waals surface area contributed by atoms with Crippen LogP contribution in [0.5, 0.6) is 0 Å². The fraction of sp³-hybridized carbons (Fsp3) is 0.167. The SMILES string of the molecule is COC(=O)CCS(=O)(=O)c1ccc(CNC(=O)c2cccc3c2cnn3-c2ccc(F)cc2)cn1. The molecule has 0 aliphatic carbocycles. The Bertz CT molecular complexity index is 1480. The topological polar surface area (TPSA) is 120 Å². The number of hydrogen-bond donors (Lipinski definition) is 1. The van der Waals surface area contributed by atoms with Crippen LogP contribution in [0.2, 0.25) is 0 Å². The summed E-state index contributed by atoms with van der Waals surface area (Å²) >= 11 is 0. The van der Waals surface area contributed by atoms with Gasteiger partial charge in [-0.1, -0.05) is 12.1 Å². The van der Waals surface area contributed by atoms with Crippen LogP contribution in [0.15, 0.2) is 72.0 Å². The zero-order valence-corrected chi connectivity index (χ0v) is 19.5. The highest BCUT2D eigenvalue weighted by Crippen LogP contribution is 2.22. The Balaban J connectivity index is 1.46. The third-order valence-electron chi connectivity index (χ3n) is 5.30. The number of rotatable bonds is 8. The summed E-state index contributed by atoms with van der Waals surface area (Å²) in [6, 6.07) is 14.0.